The molecule has 0 saturated carbocycles. The molecule has 0 atom stereocenters. The maximum atomic E-state index is 6.18. The molecule has 20 heavy (non-hydrogen) atoms. The number of hydrogen-bond acceptors (Lipinski definition) is 2. The molecule has 0 unspecified atom stereocenters. The van der Waals surface area contributed by atoms with Crippen LogP contribution in [0.2, 0.25) is 10.0 Å². The van der Waals surface area contributed by atoms with Crippen molar-refractivity contribution in [3.05, 3.63) is 57.6 Å². The predicted molar refractivity (Wildman–Crippen MR) is 86.1 cm³/mol. The molecule has 0 aromatic heterocycles. The molecule has 0 fully saturated rings. The van der Waals surface area contributed by atoms with Crippen LogP contribution < -0.4 is 10.1 Å². The maximum absolute atomic E-state index is 6.18. The van der Waals surface area contributed by atoms with Gasteiger partial charge in [-0.3, -0.25) is 0 Å². The van der Waals surface area contributed by atoms with Gasteiger partial charge in [0.2, 0.25) is 0 Å². The molecular formula is C16H17Cl2NO. The summed E-state index contributed by atoms with van der Waals surface area (Å²) < 4.78 is 5.42. The Hall–Kier alpha value is -1.38. The van der Waals surface area contributed by atoms with Crippen LogP contribution >= 0.6 is 23.2 Å². The van der Waals surface area contributed by atoms with Crippen LogP contribution in [-0.4, -0.2) is 6.61 Å². The van der Waals surface area contributed by atoms with E-state index in [2.05, 4.69) is 24.4 Å². The smallest absolute Gasteiger partial charge is 0.156 e. The van der Waals surface area contributed by atoms with Crippen LogP contribution in [0.4, 0.5) is 5.69 Å². The molecule has 0 aliphatic heterocycles. The molecule has 0 heterocycles. The van der Waals surface area contributed by atoms with Crippen LogP contribution in [0.5, 0.6) is 5.75 Å². The van der Waals surface area contributed by atoms with E-state index in [1.165, 1.54) is 5.56 Å². The summed E-state index contributed by atoms with van der Waals surface area (Å²) in [6, 6.07) is 12.0. The topological polar surface area (TPSA) is 21.3 Å². The van der Waals surface area contributed by atoms with E-state index in [1.54, 1.807) is 0 Å². The van der Waals surface area contributed by atoms with Gasteiger partial charge in [-0.1, -0.05) is 35.3 Å². The lowest BCUT2D eigenvalue weighted by atomic mass is 10.2. The first-order valence-electron chi connectivity index (χ1n) is 6.51. The summed E-state index contributed by atoms with van der Waals surface area (Å²) in [7, 11) is 0. The first-order valence-corrected chi connectivity index (χ1v) is 7.27. The predicted octanol–water partition coefficient (Wildman–Crippen LogP) is 5.31. The molecule has 2 aromatic carbocycles. The zero-order chi connectivity index (χ0) is 14.5. The fraction of sp³-hybridized carbons (Fsp3) is 0.250. The number of rotatable bonds is 5. The van der Waals surface area contributed by atoms with Crippen LogP contribution in [0.1, 0.15) is 18.1 Å². The van der Waals surface area contributed by atoms with Crippen LogP contribution in [0.3, 0.4) is 0 Å². The maximum Gasteiger partial charge on any atom is 0.156 e. The average molecular weight is 310 g/mol. The molecule has 1 N–H and O–H groups in total. The van der Waals surface area contributed by atoms with E-state index in [-0.39, 0.29) is 0 Å². The molecule has 0 spiro atoms. The highest BCUT2D eigenvalue weighted by atomic mass is 35.5. The summed E-state index contributed by atoms with van der Waals surface area (Å²) in [5, 5.41) is 4.43. The third-order valence-corrected chi connectivity index (χ3v) is 3.42. The lowest BCUT2D eigenvalue weighted by molar-refractivity contribution is 0.340. The van der Waals surface area contributed by atoms with Crippen molar-refractivity contribution in [2.24, 2.45) is 0 Å². The number of nitrogens with one attached hydrogen (secondary N) is 1. The monoisotopic (exact) mass is 309 g/mol. The summed E-state index contributed by atoms with van der Waals surface area (Å²) >= 11 is 12.4. The quantitative estimate of drug-likeness (QED) is 0.807. The van der Waals surface area contributed by atoms with Gasteiger partial charge in [0.15, 0.2) is 5.75 Å². The Kier molecular flexibility index (Phi) is 5.16. The Morgan fingerprint density at radius 3 is 2.40 bits per heavy atom. The second-order valence-corrected chi connectivity index (χ2v) is 5.36. The van der Waals surface area contributed by atoms with Crippen molar-refractivity contribution in [1.29, 1.82) is 0 Å². The zero-order valence-electron chi connectivity index (χ0n) is 11.5. The second kappa shape index (κ2) is 6.87. The number of hydrogen-bond donors (Lipinski definition) is 1. The SMILES string of the molecule is CCOc1c(Cl)cc(CNc2cccc(C)c2)cc1Cl. The highest BCUT2D eigenvalue weighted by Gasteiger charge is 2.09. The average Bonchev–Trinajstić information content (AvgIpc) is 2.41. The normalized spacial score (nSPS) is 10.4. The van der Waals surface area contributed by atoms with E-state index in [1.807, 2.05) is 31.2 Å². The third-order valence-electron chi connectivity index (χ3n) is 2.86. The van der Waals surface area contributed by atoms with Gasteiger partial charge in [-0.2, -0.15) is 0 Å². The van der Waals surface area contributed by atoms with Gasteiger partial charge in [0.25, 0.3) is 0 Å². The number of ether oxygens (including phenoxy) is 1. The minimum atomic E-state index is 0.542. The first kappa shape index (κ1) is 15.0. The molecule has 0 saturated heterocycles. The first-order chi connectivity index (χ1) is 9.60. The molecular weight excluding hydrogens is 293 g/mol. The van der Waals surface area contributed by atoms with Gasteiger partial charge in [-0.25, -0.2) is 0 Å². The molecule has 2 nitrogen and oxygen atoms in total. The molecule has 106 valence electrons. The van der Waals surface area contributed by atoms with E-state index in [4.69, 9.17) is 27.9 Å². The van der Waals surface area contributed by atoms with E-state index in [0.717, 1.165) is 11.3 Å². The van der Waals surface area contributed by atoms with E-state index < -0.39 is 0 Å². The Labute approximate surface area is 129 Å². The molecule has 4 heteroatoms. The largest absolute Gasteiger partial charge is 0.491 e. The van der Waals surface area contributed by atoms with Crippen LogP contribution in [0.25, 0.3) is 0 Å². The number of anilines is 1. The molecule has 0 amide bonds. The van der Waals surface area contributed by atoms with Crippen LogP contribution in [0, 0.1) is 6.92 Å². The minimum absolute atomic E-state index is 0.542. The van der Waals surface area contributed by atoms with Crippen molar-refractivity contribution in [3.63, 3.8) is 0 Å². The molecule has 2 rings (SSSR count). The van der Waals surface area contributed by atoms with E-state index in [0.29, 0.717) is 28.9 Å². The number of halogens is 2. The molecule has 0 radical (unpaired) electrons. The standard InChI is InChI=1S/C16H17Cl2NO/c1-3-20-16-14(17)8-12(9-15(16)18)10-19-13-6-4-5-11(2)7-13/h4-9,19H,3,10H2,1-2H3. The van der Waals surface area contributed by atoms with Crippen molar-refractivity contribution < 1.29 is 4.74 Å². The van der Waals surface area contributed by atoms with E-state index >= 15 is 0 Å². The van der Waals surface area contributed by atoms with E-state index in [9.17, 15) is 0 Å². The Bertz CT molecular complexity index is 576. The van der Waals surface area contributed by atoms with Crippen molar-refractivity contribution in [1.82, 2.24) is 0 Å². The second-order valence-electron chi connectivity index (χ2n) is 4.54. The van der Waals surface area contributed by atoms with Crippen molar-refractivity contribution in [3.8, 4) is 5.75 Å². The lowest BCUT2D eigenvalue weighted by Crippen LogP contribution is -2.01. The molecule has 0 aliphatic carbocycles. The Morgan fingerprint density at radius 1 is 1.10 bits per heavy atom. The zero-order valence-corrected chi connectivity index (χ0v) is 13.1. The van der Waals surface area contributed by atoms with Gasteiger partial charge >= 0.3 is 0 Å². The van der Waals surface area contributed by atoms with Crippen LogP contribution in [-0.2, 0) is 6.54 Å². The Morgan fingerprint density at radius 2 is 1.80 bits per heavy atom. The minimum Gasteiger partial charge on any atom is -0.491 e. The summed E-state index contributed by atoms with van der Waals surface area (Å²) in [4.78, 5) is 0. The summed E-state index contributed by atoms with van der Waals surface area (Å²) in [6.45, 7) is 5.17. The van der Waals surface area contributed by atoms with Crippen molar-refractivity contribution in [2.75, 3.05) is 11.9 Å². The summed E-state index contributed by atoms with van der Waals surface area (Å²) in [5.41, 5.74) is 3.31. The van der Waals surface area contributed by atoms with Gasteiger partial charge in [0.05, 0.1) is 16.7 Å². The number of aryl methyl sites for hydroxylation is 1. The summed E-state index contributed by atoms with van der Waals surface area (Å²) in [5.74, 6) is 0.551. The van der Waals surface area contributed by atoms with Crippen molar-refractivity contribution in [2.45, 2.75) is 20.4 Å². The van der Waals surface area contributed by atoms with Crippen molar-refractivity contribution >= 4 is 28.9 Å². The Balaban J connectivity index is 2.10. The molecule has 2 aromatic rings. The van der Waals surface area contributed by atoms with Gasteiger partial charge in [-0.15, -0.1) is 0 Å². The number of benzene rings is 2. The fourth-order valence-electron chi connectivity index (χ4n) is 1.96. The van der Waals surface area contributed by atoms with Gasteiger partial charge in [-0.05, 0) is 49.2 Å². The molecule has 0 bridgehead atoms. The lowest BCUT2D eigenvalue weighted by Gasteiger charge is -2.12. The highest BCUT2D eigenvalue weighted by Crippen LogP contribution is 2.34. The van der Waals surface area contributed by atoms with Crippen LogP contribution in [0.15, 0.2) is 36.4 Å². The highest BCUT2D eigenvalue weighted by molar-refractivity contribution is 6.37. The van der Waals surface area contributed by atoms with Gasteiger partial charge < -0.3 is 10.1 Å². The molecule has 0 aliphatic rings. The van der Waals surface area contributed by atoms with Gasteiger partial charge in [0, 0.05) is 12.2 Å². The third kappa shape index (κ3) is 3.81. The summed E-state index contributed by atoms with van der Waals surface area (Å²) in [6.07, 6.45) is 0. The fourth-order valence-corrected chi connectivity index (χ4v) is 2.60. The van der Waals surface area contributed by atoms with Gasteiger partial charge in [0.1, 0.15) is 0 Å².